The zero-order valence-corrected chi connectivity index (χ0v) is 13.7. The average Bonchev–Trinajstić information content (AvgIpc) is 2.95. The number of aromatic nitrogens is 2. The lowest BCUT2D eigenvalue weighted by Crippen LogP contribution is -2.12. The first-order chi connectivity index (χ1) is 10.2. The summed E-state index contributed by atoms with van der Waals surface area (Å²) in [6.07, 6.45) is 0. The number of hydrazine groups is 1. The van der Waals surface area contributed by atoms with Crippen LogP contribution in [0.4, 0.5) is 5.82 Å². The Morgan fingerprint density at radius 3 is 2.57 bits per heavy atom. The van der Waals surface area contributed by atoms with E-state index in [0.717, 1.165) is 26.2 Å². The number of rotatable bonds is 3. The number of hydrogen-bond acceptors (Lipinski definition) is 5. The predicted molar refractivity (Wildman–Crippen MR) is 91.0 cm³/mol. The third kappa shape index (κ3) is 2.83. The lowest BCUT2D eigenvalue weighted by atomic mass is 10.1. The fourth-order valence-corrected chi connectivity index (χ4v) is 3.43. The average molecular weight is 361 g/mol. The lowest BCUT2D eigenvalue weighted by molar-refractivity contribution is 1.12. The summed E-state index contributed by atoms with van der Waals surface area (Å²) in [5.74, 6) is 6.92. The summed E-state index contributed by atoms with van der Waals surface area (Å²) in [5, 5.41) is 2.01. The normalized spacial score (nSPS) is 10.6. The summed E-state index contributed by atoms with van der Waals surface area (Å²) in [7, 11) is 0. The van der Waals surface area contributed by atoms with Gasteiger partial charge in [0.15, 0.2) is 5.82 Å². The first-order valence-electron chi connectivity index (χ1n) is 6.34. The molecule has 2 heterocycles. The van der Waals surface area contributed by atoms with Gasteiger partial charge in [0.05, 0.1) is 10.6 Å². The third-order valence-corrected chi connectivity index (χ3v) is 4.80. The van der Waals surface area contributed by atoms with E-state index in [4.69, 9.17) is 10.8 Å². The summed E-state index contributed by atoms with van der Waals surface area (Å²) < 4.78 is 1.02. The molecule has 0 atom stereocenters. The molecule has 1 aromatic carbocycles. The molecule has 0 spiro atoms. The molecule has 0 aliphatic carbocycles. The van der Waals surface area contributed by atoms with Gasteiger partial charge in [0, 0.05) is 21.0 Å². The van der Waals surface area contributed by atoms with E-state index in [1.54, 1.807) is 11.3 Å². The Hall–Kier alpha value is -1.76. The van der Waals surface area contributed by atoms with E-state index >= 15 is 0 Å². The molecule has 0 aliphatic heterocycles. The van der Waals surface area contributed by atoms with Crippen LogP contribution in [0.15, 0.2) is 46.3 Å². The minimum Gasteiger partial charge on any atom is -0.308 e. The molecule has 0 fully saturated rings. The van der Waals surface area contributed by atoms with E-state index in [-0.39, 0.29) is 0 Å². The quantitative estimate of drug-likeness (QED) is 0.541. The van der Waals surface area contributed by atoms with E-state index in [9.17, 15) is 0 Å². The van der Waals surface area contributed by atoms with Crippen molar-refractivity contribution in [3.8, 4) is 22.0 Å². The van der Waals surface area contributed by atoms with Crippen LogP contribution in [-0.4, -0.2) is 9.97 Å². The monoisotopic (exact) mass is 360 g/mol. The van der Waals surface area contributed by atoms with Crippen LogP contribution in [0.5, 0.6) is 0 Å². The van der Waals surface area contributed by atoms with Gasteiger partial charge in [-0.15, -0.1) is 11.3 Å². The minimum absolute atomic E-state index is 0.642. The Morgan fingerprint density at radius 1 is 1.19 bits per heavy atom. The zero-order chi connectivity index (χ0) is 14.8. The van der Waals surface area contributed by atoms with Crippen molar-refractivity contribution in [2.75, 3.05) is 5.43 Å². The highest BCUT2D eigenvalue weighted by Crippen LogP contribution is 2.32. The molecule has 2 aromatic heterocycles. The van der Waals surface area contributed by atoms with Crippen molar-refractivity contribution < 1.29 is 0 Å². The number of nitrogens with zero attached hydrogens (tertiary/aromatic N) is 2. The molecule has 0 radical (unpaired) electrons. The van der Waals surface area contributed by atoms with Crippen LogP contribution >= 0.6 is 27.3 Å². The van der Waals surface area contributed by atoms with Crippen molar-refractivity contribution in [2.45, 2.75) is 6.92 Å². The maximum absolute atomic E-state index is 5.60. The number of halogens is 1. The number of benzene rings is 1. The van der Waals surface area contributed by atoms with Gasteiger partial charge in [0.1, 0.15) is 5.82 Å². The van der Waals surface area contributed by atoms with Gasteiger partial charge in [0.25, 0.3) is 0 Å². The molecule has 3 rings (SSSR count). The number of nitrogen functional groups attached to an aromatic ring is 1. The van der Waals surface area contributed by atoms with Crippen molar-refractivity contribution in [1.29, 1.82) is 0 Å². The van der Waals surface area contributed by atoms with E-state index in [1.807, 2.05) is 48.7 Å². The van der Waals surface area contributed by atoms with Crippen molar-refractivity contribution >= 4 is 33.1 Å². The summed E-state index contributed by atoms with van der Waals surface area (Å²) in [6.45, 7) is 1.96. The molecule has 106 valence electrons. The smallest absolute Gasteiger partial charge is 0.172 e. The Bertz CT molecular complexity index is 771. The standard InChI is InChI=1S/C15H13BrN4S/c1-9-13(10-5-3-2-4-6-10)18-15(19-14(9)20-17)12-7-11(16)8-21-12/h2-8H,17H2,1H3,(H,18,19,20). The van der Waals surface area contributed by atoms with Crippen LogP contribution in [0.1, 0.15) is 5.56 Å². The maximum atomic E-state index is 5.60. The van der Waals surface area contributed by atoms with Crippen LogP contribution in [0, 0.1) is 6.92 Å². The van der Waals surface area contributed by atoms with Crippen molar-refractivity contribution in [1.82, 2.24) is 9.97 Å². The van der Waals surface area contributed by atoms with Crippen molar-refractivity contribution in [2.24, 2.45) is 5.84 Å². The van der Waals surface area contributed by atoms with Gasteiger partial charge in [-0.3, -0.25) is 0 Å². The molecule has 0 unspecified atom stereocenters. The predicted octanol–water partition coefficient (Wildman–Crippen LogP) is 4.23. The highest BCUT2D eigenvalue weighted by Gasteiger charge is 2.14. The molecule has 3 aromatic rings. The SMILES string of the molecule is Cc1c(NN)nc(-c2cc(Br)cs2)nc1-c1ccccc1. The highest BCUT2D eigenvalue weighted by atomic mass is 79.9. The van der Waals surface area contributed by atoms with Crippen molar-refractivity contribution in [3.05, 3.63) is 51.8 Å². The zero-order valence-electron chi connectivity index (χ0n) is 11.3. The third-order valence-electron chi connectivity index (χ3n) is 3.12. The molecule has 0 aliphatic rings. The summed E-state index contributed by atoms with van der Waals surface area (Å²) in [5.41, 5.74) is 5.53. The Labute approximate surface area is 135 Å². The van der Waals surface area contributed by atoms with Crippen LogP contribution in [-0.2, 0) is 0 Å². The molecule has 0 saturated heterocycles. The molecule has 21 heavy (non-hydrogen) atoms. The fourth-order valence-electron chi connectivity index (χ4n) is 2.07. The Morgan fingerprint density at radius 2 is 1.95 bits per heavy atom. The fraction of sp³-hybridized carbons (Fsp3) is 0.0667. The molecule has 6 heteroatoms. The number of anilines is 1. The molecule has 4 nitrogen and oxygen atoms in total. The number of nitrogens with two attached hydrogens (primary N) is 1. The number of thiophene rings is 1. The van der Waals surface area contributed by atoms with E-state index in [0.29, 0.717) is 11.6 Å². The summed E-state index contributed by atoms with van der Waals surface area (Å²) >= 11 is 5.05. The van der Waals surface area contributed by atoms with E-state index in [2.05, 4.69) is 26.3 Å². The Kier molecular flexibility index (Phi) is 4.01. The first-order valence-corrected chi connectivity index (χ1v) is 8.01. The van der Waals surface area contributed by atoms with Gasteiger partial charge < -0.3 is 5.43 Å². The Balaban J connectivity index is 2.20. The van der Waals surface area contributed by atoms with E-state index in [1.165, 1.54) is 0 Å². The van der Waals surface area contributed by atoms with Gasteiger partial charge in [-0.1, -0.05) is 30.3 Å². The molecule has 3 N–H and O–H groups in total. The van der Waals surface area contributed by atoms with E-state index < -0.39 is 0 Å². The van der Waals surface area contributed by atoms with Crippen LogP contribution in [0.3, 0.4) is 0 Å². The van der Waals surface area contributed by atoms with Gasteiger partial charge >= 0.3 is 0 Å². The van der Waals surface area contributed by atoms with Gasteiger partial charge in [-0.2, -0.15) is 0 Å². The van der Waals surface area contributed by atoms with Gasteiger partial charge in [-0.05, 0) is 28.9 Å². The molecular formula is C15H13BrN4S. The topological polar surface area (TPSA) is 63.8 Å². The maximum Gasteiger partial charge on any atom is 0.172 e. The lowest BCUT2D eigenvalue weighted by Gasteiger charge is -2.11. The first kappa shape index (κ1) is 14.2. The molecule has 0 bridgehead atoms. The van der Waals surface area contributed by atoms with Crippen LogP contribution in [0.25, 0.3) is 22.0 Å². The van der Waals surface area contributed by atoms with Gasteiger partial charge in [-0.25, -0.2) is 15.8 Å². The summed E-state index contributed by atoms with van der Waals surface area (Å²) in [6, 6.07) is 12.0. The second-order valence-corrected chi connectivity index (χ2v) is 6.34. The van der Waals surface area contributed by atoms with Crippen LogP contribution in [0.2, 0.25) is 0 Å². The minimum atomic E-state index is 0.642. The van der Waals surface area contributed by atoms with Crippen LogP contribution < -0.4 is 11.3 Å². The number of nitrogens with one attached hydrogen (secondary N) is 1. The number of hydrogen-bond donors (Lipinski definition) is 2. The molecule has 0 amide bonds. The summed E-state index contributed by atoms with van der Waals surface area (Å²) in [4.78, 5) is 10.2. The van der Waals surface area contributed by atoms with Gasteiger partial charge in [0.2, 0.25) is 0 Å². The largest absolute Gasteiger partial charge is 0.308 e. The highest BCUT2D eigenvalue weighted by molar-refractivity contribution is 9.10. The van der Waals surface area contributed by atoms with Crippen molar-refractivity contribution in [3.63, 3.8) is 0 Å². The molecule has 0 saturated carbocycles. The molecular weight excluding hydrogens is 348 g/mol. The second-order valence-electron chi connectivity index (χ2n) is 4.51. The second kappa shape index (κ2) is 5.93.